The van der Waals surface area contributed by atoms with Crippen LogP contribution in [0.15, 0.2) is 0 Å². The second kappa shape index (κ2) is 9.09. The normalized spacial score (nSPS) is 31.1. The summed E-state index contributed by atoms with van der Waals surface area (Å²) in [6.07, 6.45) is 7.30. The van der Waals surface area contributed by atoms with E-state index in [0.29, 0.717) is 24.4 Å². The number of likely N-dealkylation sites (tertiary alicyclic amines) is 1. The summed E-state index contributed by atoms with van der Waals surface area (Å²) in [5, 5.41) is 3.48. The highest BCUT2D eigenvalue weighted by molar-refractivity contribution is 4.81. The highest BCUT2D eigenvalue weighted by Crippen LogP contribution is 2.22. The summed E-state index contributed by atoms with van der Waals surface area (Å²) in [5.74, 6) is 0. The van der Waals surface area contributed by atoms with Crippen LogP contribution in [0.25, 0.3) is 0 Å². The van der Waals surface area contributed by atoms with Crippen LogP contribution in [-0.2, 0) is 9.47 Å². The van der Waals surface area contributed by atoms with Crippen LogP contribution in [0.3, 0.4) is 0 Å². The molecule has 0 aliphatic carbocycles. The van der Waals surface area contributed by atoms with Crippen molar-refractivity contribution in [3.05, 3.63) is 0 Å². The number of nitrogens with zero attached hydrogens (tertiary/aromatic N) is 1. The van der Waals surface area contributed by atoms with Crippen molar-refractivity contribution in [1.82, 2.24) is 10.2 Å². The molecule has 0 radical (unpaired) electrons. The first-order valence-electron chi connectivity index (χ1n) is 8.90. The zero-order valence-electron chi connectivity index (χ0n) is 14.1. The van der Waals surface area contributed by atoms with Gasteiger partial charge in [-0.3, -0.25) is 4.90 Å². The molecule has 3 atom stereocenters. The molecule has 0 bridgehead atoms. The molecule has 4 heteroatoms. The largest absolute Gasteiger partial charge is 0.377 e. The molecule has 0 aromatic carbocycles. The number of rotatable bonds is 8. The van der Waals surface area contributed by atoms with Crippen molar-refractivity contribution in [2.24, 2.45) is 0 Å². The van der Waals surface area contributed by atoms with Gasteiger partial charge < -0.3 is 14.8 Å². The third-order valence-electron chi connectivity index (χ3n) is 4.43. The van der Waals surface area contributed by atoms with Crippen LogP contribution >= 0.6 is 0 Å². The Kier molecular flexibility index (Phi) is 7.44. The van der Waals surface area contributed by atoms with Crippen LogP contribution < -0.4 is 5.32 Å². The molecule has 0 saturated carbocycles. The maximum Gasteiger partial charge on any atom is 0.0707 e. The first kappa shape index (κ1) is 17.2. The third-order valence-corrected chi connectivity index (χ3v) is 4.43. The van der Waals surface area contributed by atoms with Crippen molar-refractivity contribution in [3.63, 3.8) is 0 Å². The van der Waals surface area contributed by atoms with E-state index in [2.05, 4.69) is 31.0 Å². The average Bonchev–Trinajstić information content (AvgIpc) is 2.91. The quantitative estimate of drug-likeness (QED) is 0.746. The Bertz CT molecular complexity index is 286. The molecule has 21 heavy (non-hydrogen) atoms. The van der Waals surface area contributed by atoms with Crippen molar-refractivity contribution >= 4 is 0 Å². The summed E-state index contributed by atoms with van der Waals surface area (Å²) in [7, 11) is 0. The summed E-state index contributed by atoms with van der Waals surface area (Å²) in [6, 6.07) is 0.547. The summed E-state index contributed by atoms with van der Waals surface area (Å²) in [4.78, 5) is 2.55. The maximum atomic E-state index is 6.19. The van der Waals surface area contributed by atoms with Crippen LogP contribution in [0.1, 0.15) is 52.9 Å². The van der Waals surface area contributed by atoms with E-state index in [-0.39, 0.29) is 0 Å². The van der Waals surface area contributed by atoms with Gasteiger partial charge in [-0.25, -0.2) is 0 Å². The first-order chi connectivity index (χ1) is 10.2. The predicted octanol–water partition coefficient (Wildman–Crippen LogP) is 2.42. The third kappa shape index (κ3) is 6.23. The Balaban J connectivity index is 1.65. The molecule has 2 saturated heterocycles. The second-order valence-corrected chi connectivity index (χ2v) is 6.92. The van der Waals surface area contributed by atoms with Crippen molar-refractivity contribution in [2.45, 2.75) is 77.2 Å². The predicted molar refractivity (Wildman–Crippen MR) is 86.7 cm³/mol. The summed E-state index contributed by atoms with van der Waals surface area (Å²) >= 11 is 0. The summed E-state index contributed by atoms with van der Waals surface area (Å²) in [5.41, 5.74) is 0. The van der Waals surface area contributed by atoms with Crippen LogP contribution in [-0.4, -0.2) is 62.0 Å². The molecule has 0 aromatic rings. The van der Waals surface area contributed by atoms with E-state index in [4.69, 9.17) is 9.47 Å². The Labute approximate surface area is 130 Å². The fourth-order valence-electron chi connectivity index (χ4n) is 3.32. The van der Waals surface area contributed by atoms with Gasteiger partial charge in [-0.2, -0.15) is 0 Å². The summed E-state index contributed by atoms with van der Waals surface area (Å²) in [6.45, 7) is 11.9. The van der Waals surface area contributed by atoms with Crippen LogP contribution in [0.5, 0.6) is 0 Å². The topological polar surface area (TPSA) is 33.7 Å². The molecule has 2 fully saturated rings. The molecule has 2 aliphatic rings. The zero-order chi connectivity index (χ0) is 15.1. The van der Waals surface area contributed by atoms with Gasteiger partial charge in [-0.1, -0.05) is 20.8 Å². The van der Waals surface area contributed by atoms with E-state index in [1.165, 1.54) is 32.2 Å². The monoisotopic (exact) mass is 298 g/mol. The van der Waals surface area contributed by atoms with E-state index in [9.17, 15) is 0 Å². The van der Waals surface area contributed by atoms with Crippen molar-refractivity contribution in [2.75, 3.05) is 32.8 Å². The van der Waals surface area contributed by atoms with E-state index in [1.807, 2.05) is 0 Å². The lowest BCUT2D eigenvalue weighted by atomic mass is 10.1. The van der Waals surface area contributed by atoms with Crippen LogP contribution in [0, 0.1) is 0 Å². The highest BCUT2D eigenvalue weighted by Gasteiger charge is 2.29. The van der Waals surface area contributed by atoms with Gasteiger partial charge in [-0.05, 0) is 38.6 Å². The van der Waals surface area contributed by atoms with E-state index >= 15 is 0 Å². The van der Waals surface area contributed by atoms with Gasteiger partial charge in [0.25, 0.3) is 0 Å². The molecule has 124 valence electrons. The van der Waals surface area contributed by atoms with E-state index in [1.54, 1.807) is 0 Å². The fraction of sp³-hybridized carbons (Fsp3) is 1.00. The molecular formula is C17H34N2O2. The minimum atomic E-state index is 0.411. The average molecular weight is 298 g/mol. The van der Waals surface area contributed by atoms with E-state index < -0.39 is 0 Å². The molecule has 0 aromatic heterocycles. The van der Waals surface area contributed by atoms with Gasteiger partial charge in [0, 0.05) is 32.3 Å². The number of nitrogens with one attached hydrogen (secondary N) is 1. The number of hydrogen-bond acceptors (Lipinski definition) is 4. The number of ether oxygens (including phenoxy) is 2. The lowest BCUT2D eigenvalue weighted by molar-refractivity contribution is -0.0247. The highest BCUT2D eigenvalue weighted by atomic mass is 16.5. The van der Waals surface area contributed by atoms with Gasteiger partial charge in [0.05, 0.1) is 18.3 Å². The first-order valence-corrected chi connectivity index (χ1v) is 8.90. The Morgan fingerprint density at radius 3 is 2.81 bits per heavy atom. The molecule has 4 nitrogen and oxygen atoms in total. The SMILES string of the molecule is CCCOC1CCCN(CC2CCC(CNC(C)C)O2)C1. The van der Waals surface area contributed by atoms with Crippen molar-refractivity contribution in [1.29, 1.82) is 0 Å². The van der Waals surface area contributed by atoms with Gasteiger partial charge in [0.15, 0.2) is 0 Å². The molecule has 2 rings (SSSR count). The van der Waals surface area contributed by atoms with Crippen LogP contribution in [0.4, 0.5) is 0 Å². The molecule has 3 unspecified atom stereocenters. The van der Waals surface area contributed by atoms with E-state index in [0.717, 1.165) is 32.7 Å². The number of piperidine rings is 1. The fourth-order valence-corrected chi connectivity index (χ4v) is 3.32. The van der Waals surface area contributed by atoms with Gasteiger partial charge in [-0.15, -0.1) is 0 Å². The van der Waals surface area contributed by atoms with Crippen molar-refractivity contribution in [3.8, 4) is 0 Å². The molecule has 2 heterocycles. The molecule has 1 N–H and O–H groups in total. The standard InChI is InChI=1S/C17H34N2O2/c1-4-10-20-16-6-5-9-19(12-16)13-17-8-7-15(21-17)11-18-14(2)3/h14-18H,4-13H2,1-3H3. The number of hydrogen-bond donors (Lipinski definition) is 1. The lowest BCUT2D eigenvalue weighted by Gasteiger charge is -2.34. The lowest BCUT2D eigenvalue weighted by Crippen LogP contribution is -2.43. The molecule has 0 amide bonds. The second-order valence-electron chi connectivity index (χ2n) is 6.92. The Morgan fingerprint density at radius 2 is 2.05 bits per heavy atom. The zero-order valence-corrected chi connectivity index (χ0v) is 14.1. The molecule has 2 aliphatic heterocycles. The minimum Gasteiger partial charge on any atom is -0.377 e. The Hall–Kier alpha value is -0.160. The van der Waals surface area contributed by atoms with Crippen LogP contribution in [0.2, 0.25) is 0 Å². The molecule has 0 spiro atoms. The Morgan fingerprint density at radius 1 is 1.24 bits per heavy atom. The van der Waals surface area contributed by atoms with Gasteiger partial charge >= 0.3 is 0 Å². The molecular weight excluding hydrogens is 264 g/mol. The smallest absolute Gasteiger partial charge is 0.0707 e. The van der Waals surface area contributed by atoms with Crippen molar-refractivity contribution < 1.29 is 9.47 Å². The minimum absolute atomic E-state index is 0.411. The summed E-state index contributed by atoms with van der Waals surface area (Å²) < 4.78 is 12.1. The van der Waals surface area contributed by atoms with Gasteiger partial charge in [0.1, 0.15) is 0 Å². The maximum absolute atomic E-state index is 6.19. The van der Waals surface area contributed by atoms with Gasteiger partial charge in [0.2, 0.25) is 0 Å².